The summed E-state index contributed by atoms with van der Waals surface area (Å²) >= 11 is 6.10. The summed E-state index contributed by atoms with van der Waals surface area (Å²) in [7, 11) is 0. The first kappa shape index (κ1) is 11.6. The average Bonchev–Trinajstić information content (AvgIpc) is 2.35. The fourth-order valence-corrected chi connectivity index (χ4v) is 1.97. The van der Waals surface area contributed by atoms with Crippen LogP contribution in [0.4, 0.5) is 0 Å². The molecule has 17 heavy (non-hydrogen) atoms. The van der Waals surface area contributed by atoms with Gasteiger partial charge in [0.05, 0.1) is 11.6 Å². The normalized spacial score (nSPS) is 10.1. The van der Waals surface area contributed by atoms with Crippen LogP contribution in [0.25, 0.3) is 10.9 Å². The average molecular weight is 245 g/mol. The first-order chi connectivity index (χ1) is 8.26. The maximum Gasteiger partial charge on any atom is 0.150 e. The number of aldehydes is 1. The van der Waals surface area contributed by atoms with Crippen molar-refractivity contribution in [3.63, 3.8) is 0 Å². The summed E-state index contributed by atoms with van der Waals surface area (Å²) in [5, 5.41) is 9.93. The summed E-state index contributed by atoms with van der Waals surface area (Å²) in [5.74, 6) is 0. The quantitative estimate of drug-likeness (QED) is 0.780. The number of fused-ring (bicyclic) bond motifs is 1. The molecule has 0 radical (unpaired) electrons. The Hall–Kier alpha value is -1.92. The SMILES string of the molecule is N#CCCc1cc2c(C=O)ccnc2cc1Cl. The van der Waals surface area contributed by atoms with E-state index in [1.54, 1.807) is 18.3 Å². The second-order valence-corrected chi connectivity index (χ2v) is 4.04. The van der Waals surface area contributed by atoms with Gasteiger partial charge in [0.25, 0.3) is 0 Å². The highest BCUT2D eigenvalue weighted by molar-refractivity contribution is 6.32. The van der Waals surface area contributed by atoms with Crippen molar-refractivity contribution in [3.05, 3.63) is 40.5 Å². The molecule has 0 aliphatic rings. The number of nitrogens with zero attached hydrogens (tertiary/aromatic N) is 2. The summed E-state index contributed by atoms with van der Waals surface area (Å²) in [6, 6.07) is 7.31. The molecule has 0 bridgehead atoms. The number of aromatic nitrogens is 1. The smallest absolute Gasteiger partial charge is 0.150 e. The van der Waals surface area contributed by atoms with Crippen LogP contribution in [-0.2, 0) is 6.42 Å². The van der Waals surface area contributed by atoms with Gasteiger partial charge in [0, 0.05) is 28.6 Å². The van der Waals surface area contributed by atoms with Crippen LogP contribution in [0.15, 0.2) is 24.4 Å². The van der Waals surface area contributed by atoms with Crippen LogP contribution in [0.5, 0.6) is 0 Å². The van der Waals surface area contributed by atoms with E-state index in [0.717, 1.165) is 17.2 Å². The highest BCUT2D eigenvalue weighted by atomic mass is 35.5. The molecular weight excluding hydrogens is 236 g/mol. The van der Waals surface area contributed by atoms with Gasteiger partial charge in [-0.15, -0.1) is 0 Å². The molecule has 0 atom stereocenters. The highest BCUT2D eigenvalue weighted by Crippen LogP contribution is 2.25. The molecule has 0 fully saturated rings. The molecule has 1 aromatic heterocycles. The van der Waals surface area contributed by atoms with Crippen molar-refractivity contribution in [3.8, 4) is 6.07 Å². The zero-order chi connectivity index (χ0) is 12.3. The third kappa shape index (κ3) is 2.27. The lowest BCUT2D eigenvalue weighted by atomic mass is 10.0. The molecule has 2 aromatic rings. The maximum absolute atomic E-state index is 10.9. The molecule has 4 heteroatoms. The molecule has 0 saturated heterocycles. The minimum absolute atomic E-state index is 0.405. The molecule has 3 nitrogen and oxygen atoms in total. The van der Waals surface area contributed by atoms with Crippen molar-refractivity contribution >= 4 is 28.8 Å². The van der Waals surface area contributed by atoms with Crippen LogP contribution >= 0.6 is 11.6 Å². The van der Waals surface area contributed by atoms with E-state index in [1.807, 2.05) is 6.07 Å². The van der Waals surface area contributed by atoms with Crippen LogP contribution in [0.2, 0.25) is 5.02 Å². The number of carbonyl (C=O) groups excluding carboxylic acids is 1. The van der Waals surface area contributed by atoms with Gasteiger partial charge in [-0.1, -0.05) is 11.6 Å². The first-order valence-corrected chi connectivity index (χ1v) is 5.53. The molecule has 0 saturated carbocycles. The third-order valence-electron chi connectivity index (χ3n) is 2.58. The predicted molar refractivity (Wildman–Crippen MR) is 66.1 cm³/mol. The minimum Gasteiger partial charge on any atom is -0.298 e. The molecule has 2 rings (SSSR count). The van der Waals surface area contributed by atoms with E-state index in [2.05, 4.69) is 11.1 Å². The van der Waals surface area contributed by atoms with Gasteiger partial charge in [0.1, 0.15) is 0 Å². The summed E-state index contributed by atoms with van der Waals surface area (Å²) in [4.78, 5) is 15.1. The molecule has 0 aliphatic heterocycles. The van der Waals surface area contributed by atoms with Crippen molar-refractivity contribution in [2.75, 3.05) is 0 Å². The number of pyridine rings is 1. The topological polar surface area (TPSA) is 53.8 Å². The number of hydrogen-bond acceptors (Lipinski definition) is 3. The van der Waals surface area contributed by atoms with E-state index in [-0.39, 0.29) is 0 Å². The zero-order valence-corrected chi connectivity index (χ0v) is 9.74. The van der Waals surface area contributed by atoms with Gasteiger partial charge >= 0.3 is 0 Å². The van der Waals surface area contributed by atoms with Crippen molar-refractivity contribution in [2.24, 2.45) is 0 Å². The van der Waals surface area contributed by atoms with Crippen LogP contribution < -0.4 is 0 Å². The summed E-state index contributed by atoms with van der Waals surface area (Å²) in [6.45, 7) is 0. The Morgan fingerprint density at radius 1 is 1.47 bits per heavy atom. The first-order valence-electron chi connectivity index (χ1n) is 5.15. The van der Waals surface area contributed by atoms with Gasteiger partial charge in [0.2, 0.25) is 0 Å². The Balaban J connectivity index is 2.60. The van der Waals surface area contributed by atoms with Gasteiger partial charge in [-0.25, -0.2) is 0 Å². The number of carbonyl (C=O) groups is 1. The number of aryl methyl sites for hydroxylation is 1. The molecule has 0 spiro atoms. The number of halogens is 1. The van der Waals surface area contributed by atoms with E-state index < -0.39 is 0 Å². The standard InChI is InChI=1S/C13H9ClN2O/c14-12-7-13-11(6-9(12)2-1-4-15)10(8-17)3-5-16-13/h3,5-8H,1-2H2. The van der Waals surface area contributed by atoms with Crippen LogP contribution in [0, 0.1) is 11.3 Å². The Morgan fingerprint density at radius 2 is 2.29 bits per heavy atom. The largest absolute Gasteiger partial charge is 0.298 e. The summed E-state index contributed by atoms with van der Waals surface area (Å²) in [5.41, 5.74) is 2.15. The Morgan fingerprint density at radius 3 is 3.00 bits per heavy atom. The molecule has 1 heterocycles. The molecule has 0 unspecified atom stereocenters. The lowest BCUT2D eigenvalue weighted by molar-refractivity contribution is 0.112. The number of hydrogen-bond donors (Lipinski definition) is 0. The van der Waals surface area contributed by atoms with Crippen molar-refractivity contribution in [2.45, 2.75) is 12.8 Å². The van der Waals surface area contributed by atoms with E-state index in [4.69, 9.17) is 16.9 Å². The van der Waals surface area contributed by atoms with E-state index in [9.17, 15) is 4.79 Å². The van der Waals surface area contributed by atoms with E-state index >= 15 is 0 Å². The molecule has 0 amide bonds. The second kappa shape index (κ2) is 4.94. The fraction of sp³-hybridized carbons (Fsp3) is 0.154. The number of benzene rings is 1. The summed E-state index contributed by atoms with van der Waals surface area (Å²) in [6.07, 6.45) is 3.36. The predicted octanol–water partition coefficient (Wildman–Crippen LogP) is 3.16. The van der Waals surface area contributed by atoms with Crippen LogP contribution in [-0.4, -0.2) is 11.3 Å². The van der Waals surface area contributed by atoms with Gasteiger partial charge in [-0.2, -0.15) is 5.26 Å². The maximum atomic E-state index is 10.9. The lowest BCUT2D eigenvalue weighted by Crippen LogP contribution is -1.91. The highest BCUT2D eigenvalue weighted by Gasteiger charge is 2.07. The van der Waals surface area contributed by atoms with Crippen LogP contribution in [0.3, 0.4) is 0 Å². The molecular formula is C13H9ClN2O. The lowest BCUT2D eigenvalue weighted by Gasteiger charge is -2.06. The Bertz CT molecular complexity index is 617. The van der Waals surface area contributed by atoms with E-state index in [0.29, 0.717) is 28.9 Å². The zero-order valence-electron chi connectivity index (χ0n) is 8.98. The number of nitriles is 1. The van der Waals surface area contributed by atoms with Gasteiger partial charge in [-0.3, -0.25) is 9.78 Å². The molecule has 0 N–H and O–H groups in total. The van der Waals surface area contributed by atoms with Gasteiger partial charge in [0.15, 0.2) is 6.29 Å². The fourth-order valence-electron chi connectivity index (χ4n) is 1.72. The van der Waals surface area contributed by atoms with Gasteiger partial charge < -0.3 is 0 Å². The van der Waals surface area contributed by atoms with Gasteiger partial charge in [-0.05, 0) is 30.2 Å². The summed E-state index contributed by atoms with van der Waals surface area (Å²) < 4.78 is 0. The minimum atomic E-state index is 0.405. The Labute approximate surface area is 104 Å². The molecule has 0 aliphatic carbocycles. The monoisotopic (exact) mass is 244 g/mol. The van der Waals surface area contributed by atoms with Crippen molar-refractivity contribution in [1.29, 1.82) is 5.26 Å². The van der Waals surface area contributed by atoms with Crippen molar-refractivity contribution < 1.29 is 4.79 Å². The second-order valence-electron chi connectivity index (χ2n) is 3.64. The number of rotatable bonds is 3. The van der Waals surface area contributed by atoms with Crippen LogP contribution in [0.1, 0.15) is 22.3 Å². The third-order valence-corrected chi connectivity index (χ3v) is 2.93. The Kier molecular flexibility index (Phi) is 3.36. The molecule has 1 aromatic carbocycles. The van der Waals surface area contributed by atoms with Crippen molar-refractivity contribution in [1.82, 2.24) is 4.98 Å². The molecule has 84 valence electrons. The van der Waals surface area contributed by atoms with E-state index in [1.165, 1.54) is 0 Å².